The van der Waals surface area contributed by atoms with E-state index in [1.807, 2.05) is 44.2 Å². The van der Waals surface area contributed by atoms with Gasteiger partial charge in [-0.3, -0.25) is 14.6 Å². The minimum atomic E-state index is -0.0916. The molecule has 0 amide bonds. The molecule has 1 saturated heterocycles. The van der Waals surface area contributed by atoms with Gasteiger partial charge >= 0.3 is 0 Å². The number of ether oxygens (including phenoxy) is 4. The summed E-state index contributed by atoms with van der Waals surface area (Å²) >= 11 is 0. The summed E-state index contributed by atoms with van der Waals surface area (Å²) in [5.74, 6) is 2.41. The molecule has 0 saturated carbocycles. The number of fused-ring (bicyclic) bond motifs is 3. The van der Waals surface area contributed by atoms with Crippen LogP contribution in [0.3, 0.4) is 0 Å². The number of carbonyl (C=O) groups is 1. The third-order valence-corrected chi connectivity index (χ3v) is 6.55. The third-order valence-electron chi connectivity index (χ3n) is 6.55. The summed E-state index contributed by atoms with van der Waals surface area (Å²) in [4.78, 5) is 18.0. The molecule has 7 heteroatoms. The van der Waals surface area contributed by atoms with Crippen LogP contribution in [0.15, 0.2) is 36.1 Å². The molecule has 0 atom stereocenters. The molecule has 3 aliphatic rings. The van der Waals surface area contributed by atoms with Crippen LogP contribution in [-0.4, -0.2) is 68.3 Å². The van der Waals surface area contributed by atoms with Crippen LogP contribution in [0.2, 0.25) is 0 Å². The average Bonchev–Trinajstić information content (AvgIpc) is 3.18. The van der Waals surface area contributed by atoms with Crippen LogP contribution in [-0.2, 0) is 11.3 Å². The third kappa shape index (κ3) is 4.69. The van der Waals surface area contributed by atoms with Gasteiger partial charge in [-0.1, -0.05) is 18.2 Å². The second kappa shape index (κ2) is 10.2. The van der Waals surface area contributed by atoms with Crippen LogP contribution < -0.4 is 14.2 Å². The fraction of sp³-hybridized carbons (Fsp3) is 0.444. The molecule has 0 unspecified atom stereocenters. The standard InChI is InChI=1S/C27H32N2O5/c1-3-32-22-8-5-4-7-20(22)16-24-26(30)25-19(2)15-23-21(27(25)34-24)17-29(18-33-23)10-6-9-28-11-13-31-14-12-28/h4-5,7-8,15-16H,3,6,9-14,17-18H2,1-2H3/b24-16-. The SMILES string of the molecule is CCOc1ccccc1/C=C1\Oc2c3c(cc(C)c2C1=O)OCN(CCCN1CCOCC1)C3. The lowest BCUT2D eigenvalue weighted by atomic mass is 9.98. The zero-order valence-corrected chi connectivity index (χ0v) is 20.0. The number of carbonyl (C=O) groups excluding carboxylic acids is 1. The van der Waals surface area contributed by atoms with Crippen molar-refractivity contribution >= 4 is 11.9 Å². The Morgan fingerprint density at radius 2 is 1.91 bits per heavy atom. The number of allylic oxidation sites excluding steroid dienone is 1. The molecule has 0 N–H and O–H groups in total. The van der Waals surface area contributed by atoms with Gasteiger partial charge in [0, 0.05) is 31.7 Å². The van der Waals surface area contributed by atoms with Gasteiger partial charge in [-0.15, -0.1) is 0 Å². The Morgan fingerprint density at radius 1 is 1.12 bits per heavy atom. The number of nitrogens with zero attached hydrogens (tertiary/aromatic N) is 2. The van der Waals surface area contributed by atoms with Gasteiger partial charge in [-0.25, -0.2) is 0 Å². The van der Waals surface area contributed by atoms with E-state index >= 15 is 0 Å². The number of benzene rings is 2. The van der Waals surface area contributed by atoms with Gasteiger partial charge in [0.1, 0.15) is 24.0 Å². The van der Waals surface area contributed by atoms with Gasteiger partial charge in [-0.05, 0) is 50.6 Å². The maximum absolute atomic E-state index is 13.3. The number of Topliss-reactive ketones (excluding diaryl/α,β-unsaturated/α-hetero) is 1. The first-order valence-electron chi connectivity index (χ1n) is 12.1. The zero-order valence-electron chi connectivity index (χ0n) is 20.0. The highest BCUT2D eigenvalue weighted by Crippen LogP contribution is 2.44. The Hall–Kier alpha value is -2.87. The summed E-state index contributed by atoms with van der Waals surface area (Å²) < 4.78 is 23.5. The van der Waals surface area contributed by atoms with E-state index in [0.717, 1.165) is 74.0 Å². The molecule has 0 spiro atoms. The predicted octanol–water partition coefficient (Wildman–Crippen LogP) is 3.88. The van der Waals surface area contributed by atoms with Crippen molar-refractivity contribution < 1.29 is 23.7 Å². The van der Waals surface area contributed by atoms with E-state index < -0.39 is 0 Å². The average molecular weight is 465 g/mol. The molecule has 7 nitrogen and oxygen atoms in total. The number of rotatable bonds is 7. The second-order valence-corrected chi connectivity index (χ2v) is 8.92. The number of ketones is 1. The van der Waals surface area contributed by atoms with Gasteiger partial charge in [0.2, 0.25) is 5.78 Å². The maximum Gasteiger partial charge on any atom is 0.232 e. The van der Waals surface area contributed by atoms with Crippen molar-refractivity contribution in [2.75, 3.05) is 52.7 Å². The van der Waals surface area contributed by atoms with Crippen LogP contribution in [0, 0.1) is 6.92 Å². The van der Waals surface area contributed by atoms with Crippen molar-refractivity contribution in [3.05, 3.63) is 58.3 Å². The van der Waals surface area contributed by atoms with Gasteiger partial charge < -0.3 is 18.9 Å². The maximum atomic E-state index is 13.3. The van der Waals surface area contributed by atoms with E-state index in [1.54, 1.807) is 6.08 Å². The van der Waals surface area contributed by atoms with Gasteiger partial charge in [0.25, 0.3) is 0 Å². The van der Waals surface area contributed by atoms with Crippen molar-refractivity contribution in [2.45, 2.75) is 26.8 Å². The molecule has 3 aliphatic heterocycles. The molecular formula is C27H32N2O5. The molecule has 2 aromatic rings. The number of morpholine rings is 1. The minimum Gasteiger partial charge on any atom is -0.493 e. The van der Waals surface area contributed by atoms with Crippen LogP contribution >= 0.6 is 0 Å². The van der Waals surface area contributed by atoms with E-state index in [4.69, 9.17) is 18.9 Å². The molecule has 0 radical (unpaired) electrons. The molecule has 2 aromatic carbocycles. The van der Waals surface area contributed by atoms with E-state index in [-0.39, 0.29) is 5.78 Å². The van der Waals surface area contributed by atoms with Crippen LogP contribution in [0.5, 0.6) is 17.2 Å². The molecule has 3 heterocycles. The van der Waals surface area contributed by atoms with Gasteiger partial charge in [0.15, 0.2) is 5.76 Å². The number of hydrogen-bond acceptors (Lipinski definition) is 7. The molecule has 1 fully saturated rings. The van der Waals surface area contributed by atoms with Crippen molar-refractivity contribution in [1.82, 2.24) is 9.80 Å². The monoisotopic (exact) mass is 464 g/mol. The summed E-state index contributed by atoms with van der Waals surface area (Å²) in [5, 5.41) is 0. The molecule has 0 aliphatic carbocycles. The van der Waals surface area contributed by atoms with Crippen molar-refractivity contribution in [3.8, 4) is 17.2 Å². The first-order valence-corrected chi connectivity index (χ1v) is 12.1. The Balaban J connectivity index is 1.33. The minimum absolute atomic E-state index is 0.0916. The first-order chi connectivity index (χ1) is 16.6. The van der Waals surface area contributed by atoms with Crippen molar-refractivity contribution in [2.24, 2.45) is 0 Å². The summed E-state index contributed by atoms with van der Waals surface area (Å²) in [5.41, 5.74) is 3.29. The van der Waals surface area contributed by atoms with Crippen LogP contribution in [0.4, 0.5) is 0 Å². The van der Waals surface area contributed by atoms with E-state index in [2.05, 4.69) is 9.80 Å². The Bertz CT molecular complexity index is 1090. The predicted molar refractivity (Wildman–Crippen MR) is 130 cm³/mol. The van der Waals surface area contributed by atoms with E-state index in [0.29, 0.717) is 37.0 Å². The highest BCUT2D eigenvalue weighted by molar-refractivity contribution is 6.16. The summed E-state index contributed by atoms with van der Waals surface area (Å²) in [6.07, 6.45) is 2.84. The molecule has 34 heavy (non-hydrogen) atoms. The lowest BCUT2D eigenvalue weighted by Gasteiger charge is -2.31. The quantitative estimate of drug-likeness (QED) is 0.576. The lowest BCUT2D eigenvalue weighted by Crippen LogP contribution is -2.39. The van der Waals surface area contributed by atoms with Crippen LogP contribution in [0.1, 0.15) is 40.4 Å². The Labute approximate surface area is 200 Å². The molecular weight excluding hydrogens is 432 g/mol. The topological polar surface area (TPSA) is 60.5 Å². The molecule has 5 rings (SSSR count). The fourth-order valence-corrected chi connectivity index (χ4v) is 4.79. The summed E-state index contributed by atoms with van der Waals surface area (Å²) in [7, 11) is 0. The molecule has 0 aromatic heterocycles. The normalized spacial score (nSPS) is 19.5. The van der Waals surface area contributed by atoms with Crippen molar-refractivity contribution in [3.63, 3.8) is 0 Å². The Morgan fingerprint density at radius 3 is 2.74 bits per heavy atom. The number of hydrogen-bond donors (Lipinski definition) is 0. The van der Waals surface area contributed by atoms with Crippen molar-refractivity contribution in [1.29, 1.82) is 0 Å². The highest BCUT2D eigenvalue weighted by Gasteiger charge is 2.35. The Kier molecular flexibility index (Phi) is 6.85. The molecule has 0 bridgehead atoms. The summed E-state index contributed by atoms with van der Waals surface area (Å²) in [6, 6.07) is 9.65. The fourth-order valence-electron chi connectivity index (χ4n) is 4.79. The van der Waals surface area contributed by atoms with Gasteiger partial charge in [-0.2, -0.15) is 0 Å². The van der Waals surface area contributed by atoms with E-state index in [1.165, 1.54) is 0 Å². The first kappa shape index (κ1) is 22.9. The lowest BCUT2D eigenvalue weighted by molar-refractivity contribution is 0.0329. The molecule has 180 valence electrons. The van der Waals surface area contributed by atoms with Crippen LogP contribution in [0.25, 0.3) is 6.08 Å². The number of aryl methyl sites for hydroxylation is 1. The zero-order chi connectivity index (χ0) is 23.5. The smallest absolute Gasteiger partial charge is 0.232 e. The summed E-state index contributed by atoms with van der Waals surface area (Å²) in [6.45, 7) is 11.3. The largest absolute Gasteiger partial charge is 0.493 e. The highest BCUT2D eigenvalue weighted by atomic mass is 16.5. The van der Waals surface area contributed by atoms with E-state index in [9.17, 15) is 4.79 Å². The number of para-hydroxylation sites is 1. The second-order valence-electron chi connectivity index (χ2n) is 8.92. The van der Waals surface area contributed by atoms with Gasteiger partial charge in [0.05, 0.1) is 30.9 Å².